The van der Waals surface area contributed by atoms with Crippen LogP contribution in [0.5, 0.6) is 0 Å². The standard InChI is InChI=1S/C16H16O4S2/c1-11(17)19-15(20-12(2)18)7-3-5-13-8-10-22-16(13)14-6-4-9-21-14/h3-6,8-10,15H,7H2,1-2H3. The highest BCUT2D eigenvalue weighted by Crippen LogP contribution is 2.33. The predicted octanol–water partition coefficient (Wildman–Crippen LogP) is 4.33. The fourth-order valence-corrected chi connectivity index (χ4v) is 3.64. The molecule has 0 atom stereocenters. The molecule has 116 valence electrons. The van der Waals surface area contributed by atoms with Gasteiger partial charge in [0.1, 0.15) is 0 Å². The molecule has 0 fully saturated rings. The molecule has 0 amide bonds. The zero-order valence-corrected chi connectivity index (χ0v) is 13.9. The SMILES string of the molecule is CC(=O)OC(CC=Cc1ccsc1-c1cccs1)OC(C)=O. The van der Waals surface area contributed by atoms with Crippen molar-refractivity contribution in [2.75, 3.05) is 0 Å². The Morgan fingerprint density at radius 2 is 1.86 bits per heavy atom. The second-order valence-electron chi connectivity index (χ2n) is 4.47. The normalized spacial score (nSPS) is 11.0. The van der Waals surface area contributed by atoms with Gasteiger partial charge < -0.3 is 9.47 Å². The minimum absolute atomic E-state index is 0.318. The third kappa shape index (κ3) is 4.82. The lowest BCUT2D eigenvalue weighted by atomic mass is 10.2. The van der Waals surface area contributed by atoms with Gasteiger partial charge in [-0.3, -0.25) is 9.59 Å². The number of rotatable bonds is 6. The number of hydrogen-bond donors (Lipinski definition) is 0. The van der Waals surface area contributed by atoms with Gasteiger partial charge >= 0.3 is 11.9 Å². The molecule has 0 unspecified atom stereocenters. The molecule has 0 spiro atoms. The summed E-state index contributed by atoms with van der Waals surface area (Å²) >= 11 is 3.37. The fraction of sp³-hybridized carbons (Fsp3) is 0.250. The molecule has 0 aliphatic rings. The highest BCUT2D eigenvalue weighted by molar-refractivity contribution is 7.20. The Balaban J connectivity index is 2.03. The zero-order chi connectivity index (χ0) is 15.9. The summed E-state index contributed by atoms with van der Waals surface area (Å²) in [6.45, 7) is 2.57. The van der Waals surface area contributed by atoms with E-state index in [0.717, 1.165) is 5.56 Å². The van der Waals surface area contributed by atoms with Crippen molar-refractivity contribution in [1.29, 1.82) is 0 Å². The number of ether oxygens (including phenoxy) is 2. The van der Waals surface area contributed by atoms with Gasteiger partial charge in [0.15, 0.2) is 0 Å². The Morgan fingerprint density at radius 3 is 2.45 bits per heavy atom. The lowest BCUT2D eigenvalue weighted by molar-refractivity contribution is -0.183. The molecular formula is C16H16O4S2. The third-order valence-electron chi connectivity index (χ3n) is 2.66. The van der Waals surface area contributed by atoms with Crippen LogP contribution in [0.4, 0.5) is 0 Å². The Kier molecular flexibility index (Phi) is 5.91. The largest absolute Gasteiger partial charge is 0.425 e. The summed E-state index contributed by atoms with van der Waals surface area (Å²) < 4.78 is 9.91. The van der Waals surface area contributed by atoms with Gasteiger partial charge in [-0.05, 0) is 28.5 Å². The van der Waals surface area contributed by atoms with Gasteiger partial charge in [0.05, 0.1) is 4.88 Å². The molecule has 22 heavy (non-hydrogen) atoms. The zero-order valence-electron chi connectivity index (χ0n) is 12.3. The molecule has 0 aliphatic heterocycles. The van der Waals surface area contributed by atoms with Crippen molar-refractivity contribution in [1.82, 2.24) is 0 Å². The molecule has 0 radical (unpaired) electrons. The number of carbonyl (C=O) groups excluding carboxylic acids is 2. The van der Waals surface area contributed by atoms with Crippen LogP contribution in [0.25, 0.3) is 15.8 Å². The van der Waals surface area contributed by atoms with Crippen LogP contribution in [0.3, 0.4) is 0 Å². The molecule has 0 aliphatic carbocycles. The average Bonchev–Trinajstić information content (AvgIpc) is 3.06. The Morgan fingerprint density at radius 1 is 1.14 bits per heavy atom. The van der Waals surface area contributed by atoms with Crippen LogP contribution < -0.4 is 0 Å². The molecule has 0 N–H and O–H groups in total. The van der Waals surface area contributed by atoms with Gasteiger partial charge in [0.2, 0.25) is 0 Å². The van der Waals surface area contributed by atoms with E-state index < -0.39 is 18.2 Å². The van der Waals surface area contributed by atoms with Crippen molar-refractivity contribution in [3.63, 3.8) is 0 Å². The van der Waals surface area contributed by atoms with Crippen LogP contribution in [0.2, 0.25) is 0 Å². The van der Waals surface area contributed by atoms with Crippen LogP contribution >= 0.6 is 22.7 Å². The highest BCUT2D eigenvalue weighted by Gasteiger charge is 2.13. The van der Waals surface area contributed by atoms with Crippen LogP contribution in [-0.4, -0.2) is 18.2 Å². The van der Waals surface area contributed by atoms with Gasteiger partial charge in [-0.1, -0.05) is 18.2 Å². The quantitative estimate of drug-likeness (QED) is 0.582. The van der Waals surface area contributed by atoms with Crippen LogP contribution in [0, 0.1) is 0 Å². The maximum atomic E-state index is 11.0. The van der Waals surface area contributed by atoms with Gasteiger partial charge in [0, 0.05) is 25.1 Å². The van der Waals surface area contributed by atoms with E-state index in [9.17, 15) is 9.59 Å². The van der Waals surface area contributed by atoms with E-state index in [-0.39, 0.29) is 0 Å². The minimum atomic E-state index is -0.880. The van der Waals surface area contributed by atoms with Crippen molar-refractivity contribution in [3.05, 3.63) is 40.6 Å². The first-order valence-corrected chi connectivity index (χ1v) is 8.44. The summed E-state index contributed by atoms with van der Waals surface area (Å²) in [5.41, 5.74) is 1.09. The lowest BCUT2D eigenvalue weighted by Gasteiger charge is -2.14. The minimum Gasteiger partial charge on any atom is -0.425 e. The monoisotopic (exact) mass is 336 g/mol. The molecular weight excluding hydrogens is 320 g/mol. The van der Waals surface area contributed by atoms with E-state index in [1.165, 1.54) is 23.6 Å². The van der Waals surface area contributed by atoms with E-state index in [1.54, 1.807) is 22.7 Å². The van der Waals surface area contributed by atoms with Gasteiger partial charge in [-0.2, -0.15) is 0 Å². The van der Waals surface area contributed by atoms with Gasteiger partial charge in [0.25, 0.3) is 6.29 Å². The summed E-state index contributed by atoms with van der Waals surface area (Å²) in [6.07, 6.45) is 3.23. The van der Waals surface area contributed by atoms with Crippen molar-refractivity contribution in [2.45, 2.75) is 26.6 Å². The van der Waals surface area contributed by atoms with Crippen molar-refractivity contribution >= 4 is 40.7 Å². The first-order chi connectivity index (χ1) is 10.6. The number of hydrogen-bond acceptors (Lipinski definition) is 6. The first-order valence-electron chi connectivity index (χ1n) is 6.68. The van der Waals surface area contributed by atoms with Crippen molar-refractivity contribution in [2.24, 2.45) is 0 Å². The summed E-state index contributed by atoms with van der Waals surface area (Å²) in [5.74, 6) is -0.955. The van der Waals surface area contributed by atoms with Crippen LogP contribution in [0.15, 0.2) is 35.0 Å². The van der Waals surface area contributed by atoms with Crippen LogP contribution in [0.1, 0.15) is 25.8 Å². The predicted molar refractivity (Wildman–Crippen MR) is 88.6 cm³/mol. The molecule has 0 aromatic carbocycles. The van der Waals surface area contributed by atoms with E-state index in [2.05, 4.69) is 6.07 Å². The van der Waals surface area contributed by atoms with E-state index in [0.29, 0.717) is 6.42 Å². The number of thiophene rings is 2. The lowest BCUT2D eigenvalue weighted by Crippen LogP contribution is -2.21. The molecule has 0 bridgehead atoms. The maximum Gasteiger partial charge on any atom is 0.305 e. The van der Waals surface area contributed by atoms with Crippen LogP contribution in [-0.2, 0) is 19.1 Å². The molecule has 6 heteroatoms. The molecule has 2 heterocycles. The van der Waals surface area contributed by atoms with Crippen molar-refractivity contribution in [3.8, 4) is 9.75 Å². The fourth-order valence-electron chi connectivity index (χ4n) is 1.86. The molecule has 4 nitrogen and oxygen atoms in total. The summed E-state index contributed by atoms with van der Waals surface area (Å²) in [6, 6.07) is 6.13. The summed E-state index contributed by atoms with van der Waals surface area (Å²) in [4.78, 5) is 24.4. The van der Waals surface area contributed by atoms with E-state index in [1.807, 2.05) is 35.0 Å². The maximum absolute atomic E-state index is 11.0. The Labute approximate surface area is 137 Å². The molecule has 2 aromatic rings. The molecule has 2 aromatic heterocycles. The number of esters is 2. The highest BCUT2D eigenvalue weighted by atomic mass is 32.1. The van der Waals surface area contributed by atoms with Gasteiger partial charge in [-0.25, -0.2) is 0 Å². The smallest absolute Gasteiger partial charge is 0.305 e. The molecule has 2 rings (SSSR count). The number of carbonyl (C=O) groups is 2. The second kappa shape index (κ2) is 7.91. The van der Waals surface area contributed by atoms with E-state index in [4.69, 9.17) is 9.47 Å². The summed E-state index contributed by atoms with van der Waals surface area (Å²) in [5, 5.41) is 4.07. The summed E-state index contributed by atoms with van der Waals surface area (Å²) in [7, 11) is 0. The third-order valence-corrected chi connectivity index (χ3v) is 4.64. The topological polar surface area (TPSA) is 52.6 Å². The first kappa shape index (κ1) is 16.5. The average molecular weight is 336 g/mol. The van der Waals surface area contributed by atoms with Gasteiger partial charge in [-0.15, -0.1) is 22.7 Å². The molecule has 0 saturated carbocycles. The Hall–Kier alpha value is -1.92. The Bertz CT molecular complexity index is 640. The van der Waals surface area contributed by atoms with Crippen molar-refractivity contribution < 1.29 is 19.1 Å². The molecule has 0 saturated heterocycles. The van der Waals surface area contributed by atoms with E-state index >= 15 is 0 Å². The second-order valence-corrected chi connectivity index (χ2v) is 6.33.